The number of ketones is 1. The minimum atomic E-state index is -0.435. The number of benzene rings is 3. The van der Waals surface area contributed by atoms with Gasteiger partial charge in [-0.05, 0) is 47.5 Å². The zero-order valence-corrected chi connectivity index (χ0v) is 22.0. The van der Waals surface area contributed by atoms with Crippen molar-refractivity contribution < 1.29 is 14.4 Å². The molecule has 0 spiro atoms. The Kier molecular flexibility index (Phi) is 6.94. The number of amides is 2. The highest BCUT2D eigenvalue weighted by molar-refractivity contribution is 9.10. The van der Waals surface area contributed by atoms with Gasteiger partial charge in [0.2, 0.25) is 0 Å². The summed E-state index contributed by atoms with van der Waals surface area (Å²) in [5.74, 6) is -0.701. The normalized spacial score (nSPS) is 14.8. The van der Waals surface area contributed by atoms with Crippen molar-refractivity contribution in [2.75, 3.05) is 6.54 Å². The van der Waals surface area contributed by atoms with Crippen LogP contribution in [0.4, 0.5) is 4.79 Å². The van der Waals surface area contributed by atoms with E-state index in [2.05, 4.69) is 45.6 Å². The Morgan fingerprint density at radius 3 is 2.44 bits per heavy atom. The number of aryl methyl sites for hydroxylation is 1. The number of carbonyl (C=O) groups excluding carboxylic acids is 3. The Labute approximate surface area is 221 Å². The standard InChI is InChI=1S/C29H23BrN2O3S/c1-2-20-9-6-10-24-22(17-31(27(20)24)16-19-11-13-23(30)14-12-19)15-26-28(34)32(29(35)36-26)18-25(33)21-7-4-3-5-8-21/h3-15,17H,2,16,18H2,1H3/b26-15-. The lowest BCUT2D eigenvalue weighted by atomic mass is 10.1. The van der Waals surface area contributed by atoms with Crippen LogP contribution in [0.15, 0.2) is 88.4 Å². The van der Waals surface area contributed by atoms with Gasteiger partial charge in [-0.3, -0.25) is 19.3 Å². The molecule has 36 heavy (non-hydrogen) atoms. The molecule has 2 amide bonds. The smallest absolute Gasteiger partial charge is 0.293 e. The second-order valence-corrected chi connectivity index (χ2v) is 10.5. The molecule has 1 aliphatic heterocycles. The van der Waals surface area contributed by atoms with Crippen LogP contribution >= 0.6 is 27.7 Å². The summed E-state index contributed by atoms with van der Waals surface area (Å²) in [6.45, 7) is 2.54. The highest BCUT2D eigenvalue weighted by Crippen LogP contribution is 2.35. The molecule has 2 heterocycles. The average molecular weight is 559 g/mol. The molecule has 5 nitrogen and oxygen atoms in total. The lowest BCUT2D eigenvalue weighted by molar-refractivity contribution is -0.122. The van der Waals surface area contributed by atoms with Crippen LogP contribution in [0.2, 0.25) is 0 Å². The van der Waals surface area contributed by atoms with E-state index < -0.39 is 11.1 Å². The molecule has 1 saturated heterocycles. The van der Waals surface area contributed by atoms with Gasteiger partial charge in [-0.25, -0.2) is 0 Å². The van der Waals surface area contributed by atoms with Crippen molar-refractivity contribution in [2.45, 2.75) is 19.9 Å². The summed E-state index contributed by atoms with van der Waals surface area (Å²) in [5, 5.41) is 0.599. The number of aromatic nitrogens is 1. The highest BCUT2D eigenvalue weighted by Gasteiger charge is 2.36. The molecule has 0 atom stereocenters. The van der Waals surface area contributed by atoms with Crippen LogP contribution in [-0.2, 0) is 17.8 Å². The van der Waals surface area contributed by atoms with Crippen LogP contribution in [0.1, 0.15) is 34.0 Å². The second-order valence-electron chi connectivity index (χ2n) is 8.56. The number of para-hydroxylation sites is 1. The predicted molar refractivity (Wildman–Crippen MR) is 148 cm³/mol. The fraction of sp³-hybridized carbons (Fsp3) is 0.138. The first kappa shape index (κ1) is 24.3. The van der Waals surface area contributed by atoms with Crippen LogP contribution in [0.25, 0.3) is 17.0 Å². The molecule has 7 heteroatoms. The number of halogens is 1. The Morgan fingerprint density at radius 1 is 0.972 bits per heavy atom. The third-order valence-corrected chi connectivity index (χ3v) is 7.65. The molecule has 5 rings (SSSR count). The molecular formula is C29H23BrN2O3S. The number of hydrogen-bond acceptors (Lipinski definition) is 4. The number of rotatable bonds is 7. The van der Waals surface area contributed by atoms with Gasteiger partial charge in [0.1, 0.15) is 0 Å². The van der Waals surface area contributed by atoms with E-state index in [0.29, 0.717) is 17.0 Å². The Bertz CT molecular complexity index is 1510. The van der Waals surface area contributed by atoms with E-state index in [1.54, 1.807) is 30.3 Å². The minimum Gasteiger partial charge on any atom is -0.342 e. The molecule has 3 aromatic carbocycles. The lowest BCUT2D eigenvalue weighted by Gasteiger charge is -2.11. The number of carbonyl (C=O) groups is 3. The Hall–Kier alpha value is -3.42. The average Bonchev–Trinajstić information content (AvgIpc) is 3.37. The van der Waals surface area contributed by atoms with Crippen molar-refractivity contribution in [2.24, 2.45) is 0 Å². The quantitative estimate of drug-likeness (QED) is 0.182. The SMILES string of the molecule is CCc1cccc2c(/C=C3\SC(=O)N(CC(=O)c4ccccc4)C3=O)cn(Cc3ccc(Br)cc3)c12. The van der Waals surface area contributed by atoms with Crippen molar-refractivity contribution in [1.29, 1.82) is 0 Å². The molecule has 0 unspecified atom stereocenters. The van der Waals surface area contributed by atoms with Crippen LogP contribution in [0.3, 0.4) is 0 Å². The summed E-state index contributed by atoms with van der Waals surface area (Å²) >= 11 is 4.37. The summed E-state index contributed by atoms with van der Waals surface area (Å²) < 4.78 is 3.23. The van der Waals surface area contributed by atoms with Crippen LogP contribution in [0, 0.1) is 0 Å². The third kappa shape index (κ3) is 4.81. The molecule has 0 aliphatic carbocycles. The van der Waals surface area contributed by atoms with Gasteiger partial charge >= 0.3 is 0 Å². The second kappa shape index (κ2) is 10.3. The van der Waals surface area contributed by atoms with Crippen molar-refractivity contribution in [3.63, 3.8) is 0 Å². The van der Waals surface area contributed by atoms with Gasteiger partial charge in [0, 0.05) is 33.7 Å². The molecule has 0 saturated carbocycles. The first-order chi connectivity index (χ1) is 17.4. The number of hydrogen-bond donors (Lipinski definition) is 0. The monoisotopic (exact) mass is 558 g/mol. The fourth-order valence-electron chi connectivity index (χ4n) is 4.41. The largest absolute Gasteiger partial charge is 0.342 e. The third-order valence-electron chi connectivity index (χ3n) is 6.22. The number of Topliss-reactive ketones (excluding diaryl/α,β-unsaturated/α-hetero) is 1. The van der Waals surface area contributed by atoms with Crippen LogP contribution in [-0.4, -0.2) is 32.9 Å². The molecule has 0 radical (unpaired) electrons. The van der Waals surface area contributed by atoms with Gasteiger partial charge in [-0.2, -0.15) is 0 Å². The van der Waals surface area contributed by atoms with Crippen LogP contribution < -0.4 is 0 Å². The van der Waals surface area contributed by atoms with Gasteiger partial charge < -0.3 is 4.57 Å². The summed E-state index contributed by atoms with van der Waals surface area (Å²) in [6.07, 6.45) is 4.69. The zero-order valence-electron chi connectivity index (χ0n) is 19.6. The van der Waals surface area contributed by atoms with Gasteiger partial charge in [-0.1, -0.05) is 83.5 Å². The van der Waals surface area contributed by atoms with E-state index in [-0.39, 0.29) is 12.3 Å². The van der Waals surface area contributed by atoms with Crippen molar-refractivity contribution in [1.82, 2.24) is 9.47 Å². The molecular weight excluding hydrogens is 536 g/mol. The van der Waals surface area contributed by atoms with E-state index in [9.17, 15) is 14.4 Å². The van der Waals surface area contributed by atoms with E-state index in [0.717, 1.165) is 49.6 Å². The van der Waals surface area contributed by atoms with E-state index in [1.165, 1.54) is 5.56 Å². The maximum absolute atomic E-state index is 13.1. The Morgan fingerprint density at radius 2 is 1.72 bits per heavy atom. The summed E-state index contributed by atoms with van der Waals surface area (Å²) in [6, 6.07) is 23.1. The van der Waals surface area contributed by atoms with E-state index in [1.807, 2.05) is 36.5 Å². The van der Waals surface area contributed by atoms with E-state index in [4.69, 9.17) is 0 Å². The van der Waals surface area contributed by atoms with Crippen molar-refractivity contribution >= 4 is 61.6 Å². The molecule has 180 valence electrons. The minimum absolute atomic E-state index is 0.266. The molecule has 4 aromatic rings. The lowest BCUT2D eigenvalue weighted by Crippen LogP contribution is -2.33. The molecule has 1 aliphatic rings. The zero-order chi connectivity index (χ0) is 25.2. The molecule has 1 fully saturated rings. The number of thioether (sulfide) groups is 1. The van der Waals surface area contributed by atoms with Gasteiger partial charge in [0.05, 0.1) is 17.0 Å². The predicted octanol–water partition coefficient (Wildman–Crippen LogP) is 6.93. The van der Waals surface area contributed by atoms with Gasteiger partial charge in [-0.15, -0.1) is 0 Å². The fourth-order valence-corrected chi connectivity index (χ4v) is 5.51. The van der Waals surface area contributed by atoms with Crippen LogP contribution in [0.5, 0.6) is 0 Å². The number of nitrogens with zero attached hydrogens (tertiary/aromatic N) is 2. The van der Waals surface area contributed by atoms with Crippen molar-refractivity contribution in [3.8, 4) is 0 Å². The summed E-state index contributed by atoms with van der Waals surface area (Å²) in [4.78, 5) is 39.8. The van der Waals surface area contributed by atoms with Gasteiger partial charge in [0.15, 0.2) is 5.78 Å². The van der Waals surface area contributed by atoms with Crippen molar-refractivity contribution in [3.05, 3.63) is 111 Å². The number of fused-ring (bicyclic) bond motifs is 1. The molecule has 0 bridgehead atoms. The van der Waals surface area contributed by atoms with E-state index >= 15 is 0 Å². The number of imide groups is 1. The molecule has 0 N–H and O–H groups in total. The highest BCUT2D eigenvalue weighted by atomic mass is 79.9. The maximum Gasteiger partial charge on any atom is 0.293 e. The first-order valence-corrected chi connectivity index (χ1v) is 13.2. The van der Waals surface area contributed by atoms with Gasteiger partial charge in [0.25, 0.3) is 11.1 Å². The summed E-state index contributed by atoms with van der Waals surface area (Å²) in [5.41, 5.74) is 4.84. The first-order valence-electron chi connectivity index (χ1n) is 11.6. The molecule has 1 aromatic heterocycles. The maximum atomic E-state index is 13.1. The topological polar surface area (TPSA) is 59.4 Å². The summed E-state index contributed by atoms with van der Waals surface area (Å²) in [7, 11) is 0. The Balaban J connectivity index is 1.48.